The largest absolute Gasteiger partial charge is 0.494 e. The summed E-state index contributed by atoms with van der Waals surface area (Å²) in [5.41, 5.74) is 2.33. The van der Waals surface area contributed by atoms with E-state index >= 15 is 0 Å². The Kier molecular flexibility index (Phi) is 10.1. The lowest BCUT2D eigenvalue weighted by atomic mass is 10.1. The molecule has 0 spiro atoms. The third kappa shape index (κ3) is 8.83. The van der Waals surface area contributed by atoms with Crippen LogP contribution >= 0.6 is 0 Å². The fourth-order valence-corrected chi connectivity index (χ4v) is 3.21. The monoisotopic (exact) mass is 424 g/mol. The summed E-state index contributed by atoms with van der Waals surface area (Å²) in [4.78, 5) is 27.3. The molecule has 0 saturated heterocycles. The fourth-order valence-electron chi connectivity index (χ4n) is 3.21. The van der Waals surface area contributed by atoms with E-state index in [2.05, 4.69) is 19.2 Å². The molecule has 168 valence electrons. The van der Waals surface area contributed by atoms with Gasteiger partial charge in [0.1, 0.15) is 11.8 Å². The molecule has 2 aromatic rings. The van der Waals surface area contributed by atoms with Crippen molar-refractivity contribution in [2.75, 3.05) is 19.7 Å². The minimum Gasteiger partial charge on any atom is -0.494 e. The van der Waals surface area contributed by atoms with Gasteiger partial charge < -0.3 is 15.0 Å². The number of nitrogens with zero attached hydrogens (tertiary/aromatic N) is 1. The van der Waals surface area contributed by atoms with Gasteiger partial charge in [-0.3, -0.25) is 9.59 Å². The van der Waals surface area contributed by atoms with Crippen LogP contribution in [0.5, 0.6) is 5.75 Å². The molecule has 2 amide bonds. The number of carbonyl (C=O) groups excluding carboxylic acids is 2. The van der Waals surface area contributed by atoms with E-state index in [1.54, 1.807) is 11.8 Å². The van der Waals surface area contributed by atoms with E-state index in [-0.39, 0.29) is 11.8 Å². The van der Waals surface area contributed by atoms with Gasteiger partial charge in [-0.1, -0.05) is 61.9 Å². The fraction of sp³-hybridized carbons (Fsp3) is 0.462. The van der Waals surface area contributed by atoms with E-state index < -0.39 is 6.04 Å². The van der Waals surface area contributed by atoms with Gasteiger partial charge >= 0.3 is 0 Å². The Bertz CT molecular complexity index is 803. The predicted octanol–water partition coefficient (Wildman–Crippen LogP) is 4.39. The molecule has 0 bridgehead atoms. The average molecular weight is 425 g/mol. The molecule has 0 heterocycles. The number of amides is 2. The van der Waals surface area contributed by atoms with Gasteiger partial charge in [0.05, 0.1) is 6.61 Å². The molecular formula is C26H36N2O3. The minimum absolute atomic E-state index is 0.0179. The molecule has 5 nitrogen and oxygen atoms in total. The molecule has 1 N–H and O–H groups in total. The maximum Gasteiger partial charge on any atom is 0.242 e. The minimum atomic E-state index is -0.507. The highest BCUT2D eigenvalue weighted by Crippen LogP contribution is 2.13. The summed E-state index contributed by atoms with van der Waals surface area (Å²) in [6.07, 6.45) is 1.67. The molecule has 2 aromatic carbocycles. The molecule has 0 aromatic heterocycles. The molecule has 1 atom stereocenters. The highest BCUT2D eigenvalue weighted by molar-refractivity contribution is 5.87. The molecular weight excluding hydrogens is 388 g/mol. The Balaban J connectivity index is 1.92. The second-order valence-electron chi connectivity index (χ2n) is 8.40. The quantitative estimate of drug-likeness (QED) is 0.514. The average Bonchev–Trinajstić information content (AvgIpc) is 2.77. The molecule has 0 radical (unpaired) electrons. The van der Waals surface area contributed by atoms with Crippen molar-refractivity contribution in [2.45, 2.75) is 53.0 Å². The van der Waals surface area contributed by atoms with Crippen LogP contribution in [0.25, 0.3) is 0 Å². The number of carbonyl (C=O) groups is 2. The standard InChI is InChI=1S/C26H36N2O3/c1-20(2)19-27-26(30)22(4)28(17-16-23-9-6-5-7-10-23)25(29)11-8-18-31-24-14-12-21(3)13-15-24/h5-7,9-10,12-15,20,22H,8,11,16-19H2,1-4H3,(H,27,30)/t22-/m0/s1. The second kappa shape index (κ2) is 12.8. The number of benzene rings is 2. The lowest BCUT2D eigenvalue weighted by molar-refractivity contribution is -0.140. The maximum atomic E-state index is 13.0. The number of nitrogens with one attached hydrogen (secondary N) is 1. The second-order valence-corrected chi connectivity index (χ2v) is 8.40. The van der Waals surface area contributed by atoms with E-state index in [0.29, 0.717) is 44.9 Å². The van der Waals surface area contributed by atoms with Crippen molar-refractivity contribution in [1.82, 2.24) is 10.2 Å². The van der Waals surface area contributed by atoms with Crippen molar-refractivity contribution in [3.05, 3.63) is 65.7 Å². The van der Waals surface area contributed by atoms with Crippen LogP contribution in [0, 0.1) is 12.8 Å². The first-order valence-electron chi connectivity index (χ1n) is 11.2. The number of hydrogen-bond acceptors (Lipinski definition) is 3. The third-order valence-corrected chi connectivity index (χ3v) is 5.16. The lowest BCUT2D eigenvalue weighted by Crippen LogP contribution is -2.49. The van der Waals surface area contributed by atoms with Gasteiger partial charge in [-0.2, -0.15) is 0 Å². The van der Waals surface area contributed by atoms with Crippen molar-refractivity contribution in [3.8, 4) is 5.75 Å². The molecule has 0 fully saturated rings. The van der Waals surface area contributed by atoms with Gasteiger partial charge in [-0.15, -0.1) is 0 Å². The number of aryl methyl sites for hydroxylation is 1. The lowest BCUT2D eigenvalue weighted by Gasteiger charge is -2.29. The number of ether oxygens (including phenoxy) is 1. The van der Waals surface area contributed by atoms with E-state index in [1.165, 1.54) is 5.56 Å². The Morgan fingerprint density at radius 2 is 1.68 bits per heavy atom. The van der Waals surface area contributed by atoms with Crippen LogP contribution in [0.1, 0.15) is 44.7 Å². The van der Waals surface area contributed by atoms with Crippen LogP contribution in [0.3, 0.4) is 0 Å². The zero-order valence-corrected chi connectivity index (χ0v) is 19.3. The maximum absolute atomic E-state index is 13.0. The van der Waals surface area contributed by atoms with E-state index in [4.69, 9.17) is 4.74 Å². The molecule has 0 aliphatic carbocycles. The summed E-state index contributed by atoms with van der Waals surface area (Å²) in [6, 6.07) is 17.4. The molecule has 0 aliphatic heterocycles. The molecule has 0 unspecified atom stereocenters. The van der Waals surface area contributed by atoms with Gasteiger partial charge in [0.25, 0.3) is 0 Å². The normalized spacial score (nSPS) is 11.8. The summed E-state index contributed by atoms with van der Waals surface area (Å²) >= 11 is 0. The molecule has 31 heavy (non-hydrogen) atoms. The first-order valence-corrected chi connectivity index (χ1v) is 11.2. The van der Waals surface area contributed by atoms with Gasteiger partial charge in [-0.05, 0) is 50.3 Å². The van der Waals surface area contributed by atoms with Crippen molar-refractivity contribution < 1.29 is 14.3 Å². The topological polar surface area (TPSA) is 58.6 Å². The SMILES string of the molecule is Cc1ccc(OCCCC(=O)N(CCc2ccccc2)[C@@H](C)C(=O)NCC(C)C)cc1. The van der Waals surface area contributed by atoms with Crippen LogP contribution in [-0.2, 0) is 16.0 Å². The summed E-state index contributed by atoms with van der Waals surface area (Å²) in [6.45, 7) is 9.53. The van der Waals surface area contributed by atoms with Gasteiger partial charge in [0.15, 0.2) is 0 Å². The molecule has 0 saturated carbocycles. The van der Waals surface area contributed by atoms with E-state index in [9.17, 15) is 9.59 Å². The smallest absolute Gasteiger partial charge is 0.242 e. The molecule has 5 heteroatoms. The highest BCUT2D eigenvalue weighted by atomic mass is 16.5. The Hall–Kier alpha value is -2.82. The van der Waals surface area contributed by atoms with E-state index in [0.717, 1.165) is 11.3 Å². The van der Waals surface area contributed by atoms with Crippen molar-refractivity contribution in [1.29, 1.82) is 0 Å². The first-order chi connectivity index (χ1) is 14.9. The summed E-state index contributed by atoms with van der Waals surface area (Å²) in [7, 11) is 0. The van der Waals surface area contributed by atoms with Crippen LogP contribution in [0.2, 0.25) is 0 Å². The first kappa shape index (κ1) is 24.4. The van der Waals surface area contributed by atoms with Crippen LogP contribution in [-0.4, -0.2) is 42.5 Å². The summed E-state index contributed by atoms with van der Waals surface area (Å²) < 4.78 is 5.74. The van der Waals surface area contributed by atoms with E-state index in [1.807, 2.05) is 61.5 Å². The summed E-state index contributed by atoms with van der Waals surface area (Å²) in [5, 5.41) is 2.95. The number of hydrogen-bond donors (Lipinski definition) is 1. The zero-order valence-electron chi connectivity index (χ0n) is 19.3. The highest BCUT2D eigenvalue weighted by Gasteiger charge is 2.25. The van der Waals surface area contributed by atoms with Crippen molar-refractivity contribution in [2.24, 2.45) is 5.92 Å². The Morgan fingerprint density at radius 1 is 1.00 bits per heavy atom. The zero-order chi connectivity index (χ0) is 22.6. The Labute approximate surface area is 186 Å². The molecule has 0 aliphatic rings. The van der Waals surface area contributed by atoms with Gasteiger partial charge in [0, 0.05) is 19.5 Å². The Morgan fingerprint density at radius 3 is 2.32 bits per heavy atom. The van der Waals surface area contributed by atoms with Crippen LogP contribution in [0.15, 0.2) is 54.6 Å². The predicted molar refractivity (Wildman–Crippen MR) is 125 cm³/mol. The van der Waals surface area contributed by atoms with Crippen LogP contribution in [0.4, 0.5) is 0 Å². The number of rotatable bonds is 12. The van der Waals surface area contributed by atoms with Gasteiger partial charge in [-0.25, -0.2) is 0 Å². The molecule has 2 rings (SSSR count). The van der Waals surface area contributed by atoms with Gasteiger partial charge in [0.2, 0.25) is 11.8 Å². The summed E-state index contributed by atoms with van der Waals surface area (Å²) in [5.74, 6) is 1.05. The van der Waals surface area contributed by atoms with Crippen molar-refractivity contribution in [3.63, 3.8) is 0 Å². The van der Waals surface area contributed by atoms with Crippen molar-refractivity contribution >= 4 is 11.8 Å². The van der Waals surface area contributed by atoms with Crippen LogP contribution < -0.4 is 10.1 Å². The third-order valence-electron chi connectivity index (χ3n) is 5.16.